The van der Waals surface area contributed by atoms with E-state index in [9.17, 15) is 0 Å². The van der Waals surface area contributed by atoms with Gasteiger partial charge < -0.3 is 15.1 Å². The average molecular weight is 267 g/mol. The predicted octanol–water partition coefficient (Wildman–Crippen LogP) is 2.32. The normalized spacial score (nSPS) is 33.0. The molecular weight excluding hydrogens is 234 g/mol. The number of hydrogen-bond acceptors (Lipinski definition) is 3. The van der Waals surface area contributed by atoms with Crippen molar-refractivity contribution in [1.29, 1.82) is 0 Å². The highest BCUT2D eigenvalue weighted by atomic mass is 15.2. The number of piperidine rings is 1. The van der Waals surface area contributed by atoms with Crippen LogP contribution < -0.4 is 5.32 Å². The Labute approximate surface area is 119 Å². The van der Waals surface area contributed by atoms with Crippen molar-refractivity contribution in [1.82, 2.24) is 15.1 Å². The molecule has 2 atom stereocenters. The van der Waals surface area contributed by atoms with Gasteiger partial charge in [-0.05, 0) is 78.7 Å². The molecule has 0 aromatic carbocycles. The average Bonchev–Trinajstić information content (AvgIpc) is 2.38. The summed E-state index contributed by atoms with van der Waals surface area (Å²) in [5.41, 5.74) is 0. The van der Waals surface area contributed by atoms with Gasteiger partial charge in [-0.3, -0.25) is 0 Å². The lowest BCUT2D eigenvalue weighted by molar-refractivity contribution is 0.0945. The van der Waals surface area contributed by atoms with E-state index in [1.165, 1.54) is 64.8 Å². The van der Waals surface area contributed by atoms with Gasteiger partial charge in [-0.15, -0.1) is 0 Å². The first-order valence-corrected chi connectivity index (χ1v) is 8.41. The van der Waals surface area contributed by atoms with E-state index in [1.807, 2.05) is 0 Å². The Hall–Kier alpha value is -0.120. The maximum absolute atomic E-state index is 3.69. The summed E-state index contributed by atoms with van der Waals surface area (Å²) in [5, 5.41) is 3.69. The van der Waals surface area contributed by atoms with Crippen LogP contribution in [0.15, 0.2) is 0 Å². The van der Waals surface area contributed by atoms with E-state index in [2.05, 4.69) is 35.9 Å². The van der Waals surface area contributed by atoms with Gasteiger partial charge in [0.25, 0.3) is 0 Å². The summed E-state index contributed by atoms with van der Waals surface area (Å²) in [7, 11) is 0. The van der Waals surface area contributed by atoms with Gasteiger partial charge in [-0.25, -0.2) is 0 Å². The van der Waals surface area contributed by atoms with E-state index >= 15 is 0 Å². The largest absolute Gasteiger partial charge is 0.312 e. The number of hydrogen-bond donors (Lipinski definition) is 1. The fraction of sp³-hybridized carbons (Fsp3) is 1.00. The topological polar surface area (TPSA) is 18.5 Å². The molecule has 2 rings (SSSR count). The predicted molar refractivity (Wildman–Crippen MR) is 82.6 cm³/mol. The zero-order valence-electron chi connectivity index (χ0n) is 13.2. The molecule has 112 valence electrons. The fourth-order valence-electron chi connectivity index (χ4n) is 3.67. The molecule has 0 spiro atoms. The molecule has 0 radical (unpaired) electrons. The van der Waals surface area contributed by atoms with Crippen molar-refractivity contribution < 1.29 is 0 Å². The van der Waals surface area contributed by atoms with Gasteiger partial charge in [0.1, 0.15) is 0 Å². The third-order valence-electron chi connectivity index (χ3n) is 4.88. The molecule has 2 heterocycles. The van der Waals surface area contributed by atoms with Crippen molar-refractivity contribution in [2.75, 3.05) is 32.7 Å². The van der Waals surface area contributed by atoms with Crippen LogP contribution in [0, 0.1) is 0 Å². The molecule has 2 saturated heterocycles. The van der Waals surface area contributed by atoms with Crippen molar-refractivity contribution in [2.24, 2.45) is 0 Å². The van der Waals surface area contributed by atoms with Crippen LogP contribution in [0.5, 0.6) is 0 Å². The molecule has 2 aliphatic rings. The van der Waals surface area contributed by atoms with Crippen LogP contribution in [0.1, 0.15) is 52.9 Å². The summed E-state index contributed by atoms with van der Waals surface area (Å²) in [6.45, 7) is 13.5. The van der Waals surface area contributed by atoms with Crippen molar-refractivity contribution in [3.63, 3.8) is 0 Å². The van der Waals surface area contributed by atoms with Crippen molar-refractivity contribution in [3.05, 3.63) is 0 Å². The van der Waals surface area contributed by atoms with Crippen molar-refractivity contribution >= 4 is 0 Å². The van der Waals surface area contributed by atoms with Gasteiger partial charge in [0.2, 0.25) is 0 Å². The molecule has 2 aliphatic heterocycles. The van der Waals surface area contributed by atoms with Crippen LogP contribution in [0.2, 0.25) is 0 Å². The second kappa shape index (κ2) is 7.61. The minimum Gasteiger partial charge on any atom is -0.312 e. The second-order valence-corrected chi connectivity index (χ2v) is 6.65. The lowest BCUT2D eigenvalue weighted by atomic mass is 10.00. The first-order valence-electron chi connectivity index (χ1n) is 8.41. The van der Waals surface area contributed by atoms with E-state index in [1.54, 1.807) is 0 Å². The molecule has 2 unspecified atom stereocenters. The lowest BCUT2D eigenvalue weighted by Gasteiger charge is -2.40. The van der Waals surface area contributed by atoms with Crippen molar-refractivity contribution in [2.45, 2.75) is 71.0 Å². The quantitative estimate of drug-likeness (QED) is 0.846. The van der Waals surface area contributed by atoms with E-state index in [-0.39, 0.29) is 0 Å². The van der Waals surface area contributed by atoms with Crippen LogP contribution in [-0.2, 0) is 0 Å². The zero-order valence-corrected chi connectivity index (χ0v) is 13.2. The Kier molecular flexibility index (Phi) is 6.11. The van der Waals surface area contributed by atoms with Crippen LogP contribution in [0.4, 0.5) is 0 Å². The van der Waals surface area contributed by atoms with Crippen LogP contribution in [0.3, 0.4) is 0 Å². The van der Waals surface area contributed by atoms with Gasteiger partial charge >= 0.3 is 0 Å². The minimum atomic E-state index is 0.679. The maximum Gasteiger partial charge on any atom is 0.0120 e. The second-order valence-electron chi connectivity index (χ2n) is 6.65. The molecule has 0 aliphatic carbocycles. The first kappa shape index (κ1) is 15.3. The van der Waals surface area contributed by atoms with Crippen molar-refractivity contribution in [3.8, 4) is 0 Å². The maximum atomic E-state index is 3.69. The Morgan fingerprint density at radius 3 is 2.00 bits per heavy atom. The third-order valence-corrected chi connectivity index (χ3v) is 4.88. The molecule has 0 saturated carbocycles. The van der Waals surface area contributed by atoms with Gasteiger partial charge in [0, 0.05) is 18.1 Å². The van der Waals surface area contributed by atoms with Crippen LogP contribution in [-0.4, -0.2) is 60.6 Å². The summed E-state index contributed by atoms with van der Waals surface area (Å²) in [6.07, 6.45) is 6.68. The molecular formula is C16H33N3. The van der Waals surface area contributed by atoms with E-state index in [4.69, 9.17) is 0 Å². The molecule has 0 aromatic rings. The summed E-state index contributed by atoms with van der Waals surface area (Å²) < 4.78 is 0. The first-order chi connectivity index (χ1) is 9.19. The molecule has 19 heavy (non-hydrogen) atoms. The van der Waals surface area contributed by atoms with E-state index < -0.39 is 0 Å². The Bertz CT molecular complexity index is 236. The van der Waals surface area contributed by atoms with Crippen LogP contribution in [0.25, 0.3) is 0 Å². The van der Waals surface area contributed by atoms with Gasteiger partial charge in [0.15, 0.2) is 0 Å². The lowest BCUT2D eigenvalue weighted by Crippen LogP contribution is -2.49. The number of nitrogens with zero attached hydrogens (tertiary/aromatic N) is 2. The smallest absolute Gasteiger partial charge is 0.0120 e. The molecule has 3 nitrogen and oxygen atoms in total. The summed E-state index contributed by atoms with van der Waals surface area (Å²) in [6, 6.07) is 2.21. The Balaban J connectivity index is 1.80. The van der Waals surface area contributed by atoms with Gasteiger partial charge in [-0.1, -0.05) is 6.92 Å². The van der Waals surface area contributed by atoms with E-state index in [0.29, 0.717) is 12.1 Å². The molecule has 0 amide bonds. The zero-order chi connectivity index (χ0) is 13.7. The molecule has 2 fully saturated rings. The van der Waals surface area contributed by atoms with Gasteiger partial charge in [-0.2, -0.15) is 0 Å². The molecule has 1 N–H and O–H groups in total. The third kappa shape index (κ3) is 4.73. The summed E-state index contributed by atoms with van der Waals surface area (Å²) in [4.78, 5) is 5.43. The number of nitrogens with one attached hydrogen (secondary N) is 1. The summed E-state index contributed by atoms with van der Waals surface area (Å²) >= 11 is 0. The minimum absolute atomic E-state index is 0.679. The monoisotopic (exact) mass is 267 g/mol. The Morgan fingerprint density at radius 2 is 1.47 bits per heavy atom. The Morgan fingerprint density at radius 1 is 0.895 bits per heavy atom. The highest BCUT2D eigenvalue weighted by molar-refractivity contribution is 4.83. The number of rotatable bonds is 3. The van der Waals surface area contributed by atoms with Crippen LogP contribution >= 0.6 is 0 Å². The molecule has 0 aromatic heterocycles. The summed E-state index contributed by atoms with van der Waals surface area (Å²) in [5.74, 6) is 0. The molecule has 0 bridgehead atoms. The molecule has 3 heteroatoms. The highest BCUT2D eigenvalue weighted by Crippen LogP contribution is 2.19. The fourth-order valence-corrected chi connectivity index (χ4v) is 3.67. The SMILES string of the molecule is CCCN1CCC(N2CCC(C)NC(C)CC2)CC1. The van der Waals surface area contributed by atoms with Gasteiger partial charge in [0.05, 0.1) is 0 Å². The number of likely N-dealkylation sites (tertiary alicyclic amines) is 1. The standard InChI is InChI=1S/C16H33N3/c1-4-9-18-10-7-16(8-11-18)19-12-5-14(2)17-15(3)6-13-19/h14-17H,4-13H2,1-3H3. The highest BCUT2D eigenvalue weighted by Gasteiger charge is 2.25. The van der Waals surface area contributed by atoms with E-state index in [0.717, 1.165) is 6.04 Å².